The lowest BCUT2D eigenvalue weighted by Crippen LogP contribution is -2.38. The Balaban J connectivity index is 2.43. The van der Waals surface area contributed by atoms with Crippen molar-refractivity contribution < 1.29 is 0 Å². The van der Waals surface area contributed by atoms with Crippen LogP contribution in [0.4, 0.5) is 0 Å². The molecular formula is C16H22N2. The van der Waals surface area contributed by atoms with Crippen molar-refractivity contribution in [3.63, 3.8) is 0 Å². The highest BCUT2D eigenvalue weighted by Crippen LogP contribution is 2.38. The molecule has 3 rings (SSSR count). The van der Waals surface area contributed by atoms with Crippen molar-refractivity contribution in [3.8, 4) is 0 Å². The van der Waals surface area contributed by atoms with Crippen LogP contribution in [0.2, 0.25) is 0 Å². The lowest BCUT2D eigenvalue weighted by molar-refractivity contribution is 0.429. The molecule has 0 amide bonds. The maximum atomic E-state index is 3.55. The first-order valence-electron chi connectivity index (χ1n) is 6.86. The summed E-state index contributed by atoms with van der Waals surface area (Å²) in [6, 6.07) is 6.76. The molecule has 0 saturated carbocycles. The van der Waals surface area contributed by atoms with Gasteiger partial charge >= 0.3 is 0 Å². The minimum atomic E-state index is 0.222. The number of aryl methyl sites for hydroxylation is 2. The van der Waals surface area contributed by atoms with Crippen LogP contribution in [0.1, 0.15) is 37.6 Å². The third-order valence-corrected chi connectivity index (χ3v) is 4.33. The Bertz CT molecular complexity index is 605. The molecule has 1 aromatic heterocycles. The summed E-state index contributed by atoms with van der Waals surface area (Å²) in [6.45, 7) is 8.98. The minimum Gasteiger partial charge on any atom is -0.346 e. The molecule has 2 heterocycles. The van der Waals surface area contributed by atoms with Crippen molar-refractivity contribution >= 4 is 10.9 Å². The van der Waals surface area contributed by atoms with Gasteiger partial charge in [0.15, 0.2) is 0 Å². The molecule has 1 aromatic carbocycles. The zero-order chi connectivity index (χ0) is 12.9. The Morgan fingerprint density at radius 1 is 1.33 bits per heavy atom. The quantitative estimate of drug-likeness (QED) is 0.813. The van der Waals surface area contributed by atoms with Gasteiger partial charge < -0.3 is 9.88 Å². The Morgan fingerprint density at radius 3 is 2.83 bits per heavy atom. The molecule has 1 aliphatic rings. The van der Waals surface area contributed by atoms with Crippen molar-refractivity contribution in [3.05, 3.63) is 35.0 Å². The Labute approximate surface area is 109 Å². The Morgan fingerprint density at radius 2 is 2.11 bits per heavy atom. The first-order valence-corrected chi connectivity index (χ1v) is 6.86. The molecule has 0 unspecified atom stereocenters. The van der Waals surface area contributed by atoms with E-state index in [0.29, 0.717) is 0 Å². The van der Waals surface area contributed by atoms with Crippen LogP contribution < -0.4 is 5.32 Å². The first-order chi connectivity index (χ1) is 8.56. The summed E-state index contributed by atoms with van der Waals surface area (Å²) in [7, 11) is 2.21. The number of rotatable bonds is 1. The molecule has 0 atom stereocenters. The van der Waals surface area contributed by atoms with Gasteiger partial charge in [0.2, 0.25) is 0 Å². The molecule has 2 heteroatoms. The second-order valence-electron chi connectivity index (χ2n) is 6.04. The maximum absolute atomic E-state index is 3.55. The number of fused-ring (bicyclic) bond motifs is 3. The van der Waals surface area contributed by atoms with Gasteiger partial charge in [0.05, 0.1) is 5.52 Å². The van der Waals surface area contributed by atoms with E-state index in [1.54, 1.807) is 5.56 Å². The van der Waals surface area contributed by atoms with Crippen LogP contribution in [-0.2, 0) is 25.4 Å². The van der Waals surface area contributed by atoms with Gasteiger partial charge in [0.25, 0.3) is 0 Å². The van der Waals surface area contributed by atoms with Crippen LogP contribution in [0, 0.1) is 0 Å². The highest BCUT2D eigenvalue weighted by atomic mass is 15.0. The summed E-state index contributed by atoms with van der Waals surface area (Å²) >= 11 is 0. The molecule has 0 spiro atoms. The van der Waals surface area contributed by atoms with Crippen molar-refractivity contribution in [2.45, 2.75) is 39.2 Å². The standard InChI is InChI=1S/C16H22N2/c1-5-11-7-6-8-12-14-13(18(4)15(11)12)9-17-10-16(14,2)3/h6-8,17H,5,9-10H2,1-4H3. The fourth-order valence-corrected chi connectivity index (χ4v) is 3.48. The average molecular weight is 242 g/mol. The highest BCUT2D eigenvalue weighted by molar-refractivity contribution is 5.89. The second kappa shape index (κ2) is 3.86. The predicted molar refractivity (Wildman–Crippen MR) is 77.0 cm³/mol. The van der Waals surface area contributed by atoms with Gasteiger partial charge in [0, 0.05) is 36.6 Å². The summed E-state index contributed by atoms with van der Waals surface area (Å²) in [5, 5.41) is 5.01. The fourth-order valence-electron chi connectivity index (χ4n) is 3.48. The molecule has 0 aliphatic carbocycles. The van der Waals surface area contributed by atoms with Crippen LogP contribution >= 0.6 is 0 Å². The number of aromatic nitrogens is 1. The molecule has 0 radical (unpaired) electrons. The van der Waals surface area contributed by atoms with E-state index < -0.39 is 0 Å². The molecule has 2 nitrogen and oxygen atoms in total. The van der Waals surface area contributed by atoms with Gasteiger partial charge in [-0.25, -0.2) is 0 Å². The van der Waals surface area contributed by atoms with E-state index in [1.165, 1.54) is 22.2 Å². The van der Waals surface area contributed by atoms with Crippen molar-refractivity contribution in [2.24, 2.45) is 7.05 Å². The molecule has 96 valence electrons. The van der Waals surface area contributed by atoms with E-state index in [1.807, 2.05) is 0 Å². The minimum absolute atomic E-state index is 0.222. The summed E-state index contributed by atoms with van der Waals surface area (Å²) in [5.74, 6) is 0. The van der Waals surface area contributed by atoms with Crippen molar-refractivity contribution in [1.82, 2.24) is 9.88 Å². The van der Waals surface area contributed by atoms with Gasteiger partial charge in [-0.3, -0.25) is 0 Å². The van der Waals surface area contributed by atoms with E-state index in [9.17, 15) is 0 Å². The zero-order valence-corrected chi connectivity index (χ0v) is 11.8. The van der Waals surface area contributed by atoms with Crippen LogP contribution in [0.5, 0.6) is 0 Å². The lowest BCUT2D eigenvalue weighted by Gasteiger charge is -2.31. The fraction of sp³-hybridized carbons (Fsp3) is 0.500. The highest BCUT2D eigenvalue weighted by Gasteiger charge is 2.32. The van der Waals surface area contributed by atoms with E-state index >= 15 is 0 Å². The van der Waals surface area contributed by atoms with E-state index in [2.05, 4.69) is 55.9 Å². The van der Waals surface area contributed by atoms with Gasteiger partial charge in [-0.15, -0.1) is 0 Å². The van der Waals surface area contributed by atoms with Crippen LogP contribution in [0.15, 0.2) is 18.2 Å². The van der Waals surface area contributed by atoms with Gasteiger partial charge in [-0.2, -0.15) is 0 Å². The molecule has 0 bridgehead atoms. The van der Waals surface area contributed by atoms with Crippen molar-refractivity contribution in [1.29, 1.82) is 0 Å². The van der Waals surface area contributed by atoms with E-state index in [0.717, 1.165) is 19.5 Å². The molecule has 1 N–H and O–H groups in total. The summed E-state index contributed by atoms with van der Waals surface area (Å²) in [6.07, 6.45) is 1.10. The predicted octanol–water partition coefficient (Wildman–Crippen LogP) is 3.12. The molecule has 1 aliphatic heterocycles. The van der Waals surface area contributed by atoms with E-state index in [-0.39, 0.29) is 5.41 Å². The number of benzene rings is 1. The molecule has 0 saturated heterocycles. The molecule has 2 aromatic rings. The second-order valence-corrected chi connectivity index (χ2v) is 6.04. The molecule has 18 heavy (non-hydrogen) atoms. The molecular weight excluding hydrogens is 220 g/mol. The number of para-hydroxylation sites is 1. The lowest BCUT2D eigenvalue weighted by atomic mass is 9.80. The number of hydrogen-bond acceptors (Lipinski definition) is 1. The van der Waals surface area contributed by atoms with Gasteiger partial charge in [-0.05, 0) is 17.5 Å². The van der Waals surface area contributed by atoms with Crippen LogP contribution in [-0.4, -0.2) is 11.1 Å². The largest absolute Gasteiger partial charge is 0.346 e. The smallest absolute Gasteiger partial charge is 0.0515 e. The van der Waals surface area contributed by atoms with Crippen LogP contribution in [0.25, 0.3) is 10.9 Å². The van der Waals surface area contributed by atoms with Crippen molar-refractivity contribution in [2.75, 3.05) is 6.54 Å². The first kappa shape index (κ1) is 11.8. The summed E-state index contributed by atoms with van der Waals surface area (Å²) < 4.78 is 2.40. The maximum Gasteiger partial charge on any atom is 0.0515 e. The Kier molecular flexibility index (Phi) is 2.53. The number of hydrogen-bond donors (Lipinski definition) is 1. The number of nitrogens with one attached hydrogen (secondary N) is 1. The zero-order valence-electron chi connectivity index (χ0n) is 11.8. The third-order valence-electron chi connectivity index (χ3n) is 4.33. The SMILES string of the molecule is CCc1cccc2c3c(n(C)c12)CNCC3(C)C. The average Bonchev–Trinajstić information content (AvgIpc) is 2.64. The number of nitrogens with zero attached hydrogens (tertiary/aromatic N) is 1. The van der Waals surface area contributed by atoms with Crippen LogP contribution in [0.3, 0.4) is 0 Å². The normalized spacial score (nSPS) is 18.0. The molecule has 0 fully saturated rings. The van der Waals surface area contributed by atoms with Gasteiger partial charge in [-0.1, -0.05) is 39.0 Å². The Hall–Kier alpha value is -1.28. The monoisotopic (exact) mass is 242 g/mol. The summed E-state index contributed by atoms with van der Waals surface area (Å²) in [4.78, 5) is 0. The summed E-state index contributed by atoms with van der Waals surface area (Å²) in [5.41, 5.74) is 6.12. The van der Waals surface area contributed by atoms with Gasteiger partial charge in [0.1, 0.15) is 0 Å². The topological polar surface area (TPSA) is 17.0 Å². The third kappa shape index (κ3) is 1.45. The van der Waals surface area contributed by atoms with E-state index in [4.69, 9.17) is 0 Å².